The van der Waals surface area contributed by atoms with Crippen LogP contribution in [-0.2, 0) is 6.54 Å². The van der Waals surface area contributed by atoms with Gasteiger partial charge in [-0.05, 0) is 18.2 Å². The van der Waals surface area contributed by atoms with E-state index >= 15 is 0 Å². The summed E-state index contributed by atoms with van der Waals surface area (Å²) in [6, 6.07) is 8.56. The molecular weight excluding hydrogens is 246 g/mol. The van der Waals surface area contributed by atoms with Crippen molar-refractivity contribution in [2.45, 2.75) is 12.6 Å². The minimum atomic E-state index is -0.699. The maximum atomic E-state index is 9.80. The number of aromatic hydroxyl groups is 1. The lowest BCUT2D eigenvalue weighted by Gasteiger charge is -2.11. The zero-order chi connectivity index (χ0) is 13.7. The van der Waals surface area contributed by atoms with Crippen molar-refractivity contribution in [1.29, 1.82) is 0 Å². The highest BCUT2D eigenvalue weighted by atomic mass is 16.5. The summed E-state index contributed by atoms with van der Waals surface area (Å²) in [5.41, 5.74) is 0.743. The minimum absolute atomic E-state index is 0.166. The fraction of sp³-hybridized carbons (Fsp3) is 0.286. The average molecular weight is 263 g/mol. The Hall–Kier alpha value is -1.98. The number of benzene rings is 1. The van der Waals surface area contributed by atoms with E-state index in [0.717, 1.165) is 5.56 Å². The van der Waals surface area contributed by atoms with Crippen LogP contribution in [-0.4, -0.2) is 23.9 Å². The van der Waals surface area contributed by atoms with Crippen molar-refractivity contribution in [3.8, 4) is 11.5 Å². The van der Waals surface area contributed by atoms with Gasteiger partial charge in [-0.15, -0.1) is 0 Å². The number of furan rings is 1. The Labute approximate surface area is 111 Å². The fourth-order valence-electron chi connectivity index (χ4n) is 1.75. The van der Waals surface area contributed by atoms with Gasteiger partial charge in [0.05, 0.1) is 13.4 Å². The Morgan fingerprint density at radius 1 is 1.37 bits per heavy atom. The van der Waals surface area contributed by atoms with Gasteiger partial charge in [0.15, 0.2) is 0 Å². The number of phenols is 1. The van der Waals surface area contributed by atoms with E-state index in [2.05, 4.69) is 5.32 Å². The van der Waals surface area contributed by atoms with E-state index in [4.69, 9.17) is 9.15 Å². The maximum absolute atomic E-state index is 9.80. The van der Waals surface area contributed by atoms with E-state index < -0.39 is 6.10 Å². The molecule has 5 heteroatoms. The van der Waals surface area contributed by atoms with E-state index in [1.54, 1.807) is 37.4 Å². The maximum Gasteiger partial charge on any atom is 0.133 e. The van der Waals surface area contributed by atoms with Gasteiger partial charge in [-0.3, -0.25) is 0 Å². The van der Waals surface area contributed by atoms with Crippen LogP contribution >= 0.6 is 0 Å². The molecule has 19 heavy (non-hydrogen) atoms. The zero-order valence-corrected chi connectivity index (χ0v) is 10.7. The number of hydrogen-bond donors (Lipinski definition) is 3. The Bertz CT molecular complexity index is 510. The van der Waals surface area contributed by atoms with Crippen LogP contribution in [0.3, 0.4) is 0 Å². The van der Waals surface area contributed by atoms with Gasteiger partial charge in [0.1, 0.15) is 23.4 Å². The van der Waals surface area contributed by atoms with Crippen LogP contribution in [0.1, 0.15) is 17.4 Å². The summed E-state index contributed by atoms with van der Waals surface area (Å²) in [4.78, 5) is 0. The number of ether oxygens (including phenoxy) is 1. The number of methoxy groups -OCH3 is 1. The van der Waals surface area contributed by atoms with Gasteiger partial charge in [0.2, 0.25) is 0 Å². The molecule has 0 fully saturated rings. The summed E-state index contributed by atoms with van der Waals surface area (Å²) >= 11 is 0. The summed E-state index contributed by atoms with van der Waals surface area (Å²) in [5.74, 6) is 1.29. The molecular formula is C14H17NO4. The van der Waals surface area contributed by atoms with E-state index in [9.17, 15) is 10.2 Å². The molecule has 2 aromatic rings. The first-order chi connectivity index (χ1) is 9.20. The topological polar surface area (TPSA) is 74.9 Å². The largest absolute Gasteiger partial charge is 0.507 e. The summed E-state index contributed by atoms with van der Waals surface area (Å²) in [6.45, 7) is 0.798. The molecule has 1 aromatic carbocycles. The van der Waals surface area contributed by atoms with E-state index in [1.807, 2.05) is 0 Å². The van der Waals surface area contributed by atoms with Crippen LogP contribution in [0.5, 0.6) is 11.5 Å². The first kappa shape index (κ1) is 13.5. The van der Waals surface area contributed by atoms with Crippen molar-refractivity contribution in [2.75, 3.05) is 13.7 Å². The molecule has 1 heterocycles. The van der Waals surface area contributed by atoms with Gasteiger partial charge in [0, 0.05) is 24.7 Å². The molecule has 0 radical (unpaired) electrons. The third kappa shape index (κ3) is 3.49. The minimum Gasteiger partial charge on any atom is -0.507 e. The van der Waals surface area contributed by atoms with E-state index in [1.165, 1.54) is 6.26 Å². The molecule has 3 N–H and O–H groups in total. The van der Waals surface area contributed by atoms with Crippen LogP contribution < -0.4 is 10.1 Å². The third-order valence-corrected chi connectivity index (χ3v) is 2.82. The van der Waals surface area contributed by atoms with Crippen LogP contribution in [0.25, 0.3) is 0 Å². The predicted molar refractivity (Wildman–Crippen MR) is 70.0 cm³/mol. The zero-order valence-electron chi connectivity index (χ0n) is 10.7. The average Bonchev–Trinajstić information content (AvgIpc) is 2.94. The summed E-state index contributed by atoms with van der Waals surface area (Å²) in [5, 5.41) is 22.6. The molecule has 0 saturated carbocycles. The highest BCUT2D eigenvalue weighted by molar-refractivity contribution is 5.39. The predicted octanol–water partition coefficient (Wildman–Crippen LogP) is 1.82. The summed E-state index contributed by atoms with van der Waals surface area (Å²) in [7, 11) is 1.55. The lowest BCUT2D eigenvalue weighted by molar-refractivity contribution is 0.147. The lowest BCUT2D eigenvalue weighted by Crippen LogP contribution is -2.20. The van der Waals surface area contributed by atoms with E-state index in [0.29, 0.717) is 24.6 Å². The standard InChI is InChI=1S/C14H17NO4/c1-18-11-5-4-10(12(16)7-11)8-15-9-13(17)14-3-2-6-19-14/h2-7,13,15-17H,8-9H2,1H3. The molecule has 0 spiro atoms. The fourth-order valence-corrected chi connectivity index (χ4v) is 1.75. The smallest absolute Gasteiger partial charge is 0.133 e. The number of aliphatic hydroxyl groups is 1. The Kier molecular flexibility index (Phi) is 4.43. The second-order valence-corrected chi connectivity index (χ2v) is 4.16. The molecule has 5 nitrogen and oxygen atoms in total. The van der Waals surface area contributed by atoms with Gasteiger partial charge in [-0.1, -0.05) is 6.07 Å². The second kappa shape index (κ2) is 6.26. The number of phenolic OH excluding ortho intramolecular Hbond substituents is 1. The van der Waals surface area contributed by atoms with Crippen LogP contribution in [0, 0.1) is 0 Å². The Balaban J connectivity index is 1.86. The van der Waals surface area contributed by atoms with Crippen molar-refractivity contribution in [3.63, 3.8) is 0 Å². The van der Waals surface area contributed by atoms with Crippen molar-refractivity contribution < 1.29 is 19.4 Å². The highest BCUT2D eigenvalue weighted by Crippen LogP contribution is 2.23. The van der Waals surface area contributed by atoms with Crippen molar-refractivity contribution in [2.24, 2.45) is 0 Å². The lowest BCUT2D eigenvalue weighted by atomic mass is 10.2. The van der Waals surface area contributed by atoms with Gasteiger partial charge >= 0.3 is 0 Å². The van der Waals surface area contributed by atoms with Crippen LogP contribution in [0.2, 0.25) is 0 Å². The third-order valence-electron chi connectivity index (χ3n) is 2.82. The number of rotatable bonds is 6. The van der Waals surface area contributed by atoms with Gasteiger partial charge in [0.25, 0.3) is 0 Å². The highest BCUT2D eigenvalue weighted by Gasteiger charge is 2.10. The molecule has 0 amide bonds. The monoisotopic (exact) mass is 263 g/mol. The number of aliphatic hydroxyl groups excluding tert-OH is 1. The molecule has 102 valence electrons. The van der Waals surface area contributed by atoms with Crippen molar-refractivity contribution in [3.05, 3.63) is 47.9 Å². The quantitative estimate of drug-likeness (QED) is 0.741. The summed E-state index contributed by atoms with van der Waals surface area (Å²) in [6.07, 6.45) is 0.823. The summed E-state index contributed by atoms with van der Waals surface area (Å²) < 4.78 is 10.1. The Morgan fingerprint density at radius 3 is 2.84 bits per heavy atom. The van der Waals surface area contributed by atoms with E-state index in [-0.39, 0.29) is 5.75 Å². The van der Waals surface area contributed by atoms with Gasteiger partial charge in [-0.2, -0.15) is 0 Å². The molecule has 1 unspecified atom stereocenters. The normalized spacial score (nSPS) is 12.3. The number of nitrogens with one attached hydrogen (secondary N) is 1. The SMILES string of the molecule is COc1ccc(CNCC(O)c2ccco2)c(O)c1. The molecule has 0 aliphatic rings. The molecule has 1 aromatic heterocycles. The molecule has 1 atom stereocenters. The van der Waals surface area contributed by atoms with Gasteiger partial charge in [-0.25, -0.2) is 0 Å². The molecule has 0 saturated heterocycles. The van der Waals surface area contributed by atoms with Crippen LogP contribution in [0.4, 0.5) is 0 Å². The molecule has 0 bridgehead atoms. The second-order valence-electron chi connectivity index (χ2n) is 4.16. The van der Waals surface area contributed by atoms with Crippen LogP contribution in [0.15, 0.2) is 41.0 Å². The molecule has 0 aliphatic carbocycles. The molecule has 2 rings (SSSR count). The van der Waals surface area contributed by atoms with Crippen molar-refractivity contribution in [1.82, 2.24) is 5.32 Å². The Morgan fingerprint density at radius 2 is 2.21 bits per heavy atom. The first-order valence-electron chi connectivity index (χ1n) is 5.98. The number of hydrogen-bond acceptors (Lipinski definition) is 5. The van der Waals surface area contributed by atoms with Gasteiger partial charge < -0.3 is 24.7 Å². The van der Waals surface area contributed by atoms with Crippen molar-refractivity contribution >= 4 is 0 Å². The first-order valence-corrected chi connectivity index (χ1v) is 5.98. The molecule has 0 aliphatic heterocycles.